The maximum absolute atomic E-state index is 13.3. The Morgan fingerprint density at radius 1 is 1.00 bits per heavy atom. The molecule has 176 valence electrons. The molecule has 10 nitrogen and oxygen atoms in total. The quantitative estimate of drug-likeness (QED) is 0.653. The molecule has 0 bridgehead atoms. The van der Waals surface area contributed by atoms with Crippen molar-refractivity contribution in [1.29, 1.82) is 5.26 Å². The number of carboxylic acid groups (broad SMARTS) is 1. The second-order valence-corrected chi connectivity index (χ2v) is 8.64. The topological polar surface area (TPSA) is 131 Å². The second-order valence-electron chi connectivity index (χ2n) is 8.64. The van der Waals surface area contributed by atoms with Crippen LogP contribution < -0.4 is 0 Å². The van der Waals surface area contributed by atoms with Crippen LogP contribution in [0.4, 0.5) is 4.79 Å². The predicted molar refractivity (Wildman–Crippen MR) is 122 cm³/mol. The van der Waals surface area contributed by atoms with E-state index in [0.717, 1.165) is 12.8 Å². The molecule has 2 aliphatic rings. The van der Waals surface area contributed by atoms with Crippen LogP contribution in [0, 0.1) is 11.3 Å². The van der Waals surface area contributed by atoms with E-state index in [1.54, 1.807) is 31.3 Å². The van der Waals surface area contributed by atoms with Crippen molar-refractivity contribution in [3.8, 4) is 17.5 Å². The lowest BCUT2D eigenvalue weighted by Gasteiger charge is -2.37. The fraction of sp³-hybridized carbons (Fsp3) is 0.417. The average molecular weight is 463 g/mol. The van der Waals surface area contributed by atoms with Crippen molar-refractivity contribution in [3.63, 3.8) is 0 Å². The minimum absolute atomic E-state index is 0.00966. The van der Waals surface area contributed by atoms with E-state index in [0.29, 0.717) is 48.4 Å². The summed E-state index contributed by atoms with van der Waals surface area (Å²) in [5, 5.41) is 17.9. The first-order chi connectivity index (χ1) is 16.4. The van der Waals surface area contributed by atoms with E-state index < -0.39 is 6.09 Å². The molecule has 2 heterocycles. The van der Waals surface area contributed by atoms with E-state index >= 15 is 0 Å². The summed E-state index contributed by atoms with van der Waals surface area (Å²) in [5.74, 6) is 0.0716. The number of aromatic nitrogens is 2. The first kappa shape index (κ1) is 23.2. The molecule has 3 amide bonds. The normalized spacial score (nSPS) is 15.9. The first-order valence-electron chi connectivity index (χ1n) is 11.2. The molecule has 1 aromatic heterocycles. The zero-order chi connectivity index (χ0) is 24.2. The van der Waals surface area contributed by atoms with Gasteiger partial charge in [-0.2, -0.15) is 5.26 Å². The Kier molecular flexibility index (Phi) is 6.72. The molecule has 1 N–H and O–H groups in total. The summed E-state index contributed by atoms with van der Waals surface area (Å²) in [5.41, 5.74) is 1.57. The fourth-order valence-corrected chi connectivity index (χ4v) is 4.21. The van der Waals surface area contributed by atoms with E-state index in [-0.39, 0.29) is 30.4 Å². The van der Waals surface area contributed by atoms with E-state index in [9.17, 15) is 19.5 Å². The van der Waals surface area contributed by atoms with Gasteiger partial charge in [-0.25, -0.2) is 14.8 Å². The lowest BCUT2D eigenvalue weighted by molar-refractivity contribution is 0.0550. The van der Waals surface area contributed by atoms with Crippen LogP contribution in [0.25, 0.3) is 11.4 Å². The van der Waals surface area contributed by atoms with Crippen LogP contribution in [0.15, 0.2) is 36.7 Å². The maximum Gasteiger partial charge on any atom is 0.407 e. The third kappa shape index (κ3) is 4.98. The molecule has 4 rings (SSSR count). The highest BCUT2D eigenvalue weighted by atomic mass is 16.4. The number of rotatable bonds is 6. The summed E-state index contributed by atoms with van der Waals surface area (Å²) >= 11 is 0. The van der Waals surface area contributed by atoms with Gasteiger partial charge in [-0.15, -0.1) is 0 Å². The molecule has 1 aliphatic carbocycles. The highest BCUT2D eigenvalue weighted by molar-refractivity contribution is 5.95. The Hall–Kier alpha value is -4.00. The Morgan fingerprint density at radius 3 is 2.12 bits per heavy atom. The Labute approximate surface area is 197 Å². The average Bonchev–Trinajstić information content (AvgIpc) is 3.69. The van der Waals surface area contributed by atoms with Gasteiger partial charge in [-0.05, 0) is 37.8 Å². The van der Waals surface area contributed by atoms with Gasteiger partial charge in [-0.3, -0.25) is 9.59 Å². The summed E-state index contributed by atoms with van der Waals surface area (Å²) in [6.45, 7) is 0.864. The van der Waals surface area contributed by atoms with Crippen LogP contribution >= 0.6 is 0 Å². The number of nitriles is 1. The van der Waals surface area contributed by atoms with Crippen LogP contribution in [-0.4, -0.2) is 86.4 Å². The van der Waals surface area contributed by atoms with Crippen LogP contribution in [0.2, 0.25) is 0 Å². The summed E-state index contributed by atoms with van der Waals surface area (Å²) in [4.78, 5) is 50.1. The van der Waals surface area contributed by atoms with Crippen molar-refractivity contribution in [2.45, 2.75) is 37.8 Å². The number of amides is 3. The molecule has 2 fully saturated rings. The monoisotopic (exact) mass is 462 g/mol. The smallest absolute Gasteiger partial charge is 0.407 e. The zero-order valence-electron chi connectivity index (χ0n) is 18.9. The summed E-state index contributed by atoms with van der Waals surface area (Å²) < 4.78 is 0. The lowest BCUT2D eigenvalue weighted by Crippen LogP contribution is -2.49. The van der Waals surface area contributed by atoms with Crippen molar-refractivity contribution in [2.75, 3.05) is 26.7 Å². The fourth-order valence-electron chi connectivity index (χ4n) is 4.21. The van der Waals surface area contributed by atoms with Gasteiger partial charge in [0, 0.05) is 55.7 Å². The molecule has 0 spiro atoms. The molecule has 1 saturated carbocycles. The van der Waals surface area contributed by atoms with Crippen molar-refractivity contribution < 1.29 is 19.5 Å². The van der Waals surface area contributed by atoms with E-state index in [2.05, 4.69) is 9.97 Å². The third-order valence-electron chi connectivity index (χ3n) is 6.25. The van der Waals surface area contributed by atoms with Gasteiger partial charge >= 0.3 is 6.09 Å². The summed E-state index contributed by atoms with van der Waals surface area (Å²) in [7, 11) is 1.57. The number of nitrogens with zero attached hydrogens (tertiary/aromatic N) is 6. The lowest BCUT2D eigenvalue weighted by atomic mass is 10.0. The third-order valence-corrected chi connectivity index (χ3v) is 6.25. The summed E-state index contributed by atoms with van der Waals surface area (Å²) in [6.07, 6.45) is 5.29. The minimum Gasteiger partial charge on any atom is -0.465 e. The van der Waals surface area contributed by atoms with Crippen LogP contribution in [0.5, 0.6) is 0 Å². The Bertz CT molecular complexity index is 1100. The number of piperidine rings is 1. The minimum atomic E-state index is -0.918. The number of benzene rings is 1. The van der Waals surface area contributed by atoms with Crippen molar-refractivity contribution in [3.05, 3.63) is 47.8 Å². The van der Waals surface area contributed by atoms with Crippen LogP contribution in [0.1, 0.15) is 46.4 Å². The molecule has 0 atom stereocenters. The molecule has 34 heavy (non-hydrogen) atoms. The molecular weight excluding hydrogens is 436 g/mol. The molecule has 1 saturated heterocycles. The number of hydrogen-bond donors (Lipinski definition) is 1. The number of carbonyl (C=O) groups is 3. The van der Waals surface area contributed by atoms with Crippen molar-refractivity contribution in [2.24, 2.45) is 0 Å². The van der Waals surface area contributed by atoms with Gasteiger partial charge < -0.3 is 19.8 Å². The molecule has 0 radical (unpaired) electrons. The zero-order valence-corrected chi connectivity index (χ0v) is 18.9. The molecule has 10 heteroatoms. The highest BCUT2D eigenvalue weighted by Gasteiger charge is 2.39. The number of carbonyl (C=O) groups excluding carboxylic acids is 2. The van der Waals surface area contributed by atoms with Gasteiger partial charge in [0.15, 0.2) is 5.82 Å². The van der Waals surface area contributed by atoms with E-state index in [1.165, 1.54) is 22.2 Å². The van der Waals surface area contributed by atoms with Gasteiger partial charge in [0.25, 0.3) is 11.8 Å². The van der Waals surface area contributed by atoms with Gasteiger partial charge in [0.1, 0.15) is 6.54 Å². The predicted octanol–water partition coefficient (Wildman–Crippen LogP) is 2.49. The van der Waals surface area contributed by atoms with Gasteiger partial charge in [-0.1, -0.05) is 12.1 Å². The van der Waals surface area contributed by atoms with E-state index in [4.69, 9.17) is 5.26 Å². The summed E-state index contributed by atoms with van der Waals surface area (Å²) in [6, 6.07) is 8.93. The largest absolute Gasteiger partial charge is 0.465 e. The maximum atomic E-state index is 13.3. The molecule has 2 aromatic rings. The molecule has 1 aromatic carbocycles. The molecule has 0 unspecified atom stereocenters. The first-order valence-corrected chi connectivity index (χ1v) is 11.2. The number of hydrogen-bond acceptors (Lipinski definition) is 6. The standard InChI is InChI=1S/C24H26N6O4/c1-28(13-10-25)22(31)17-4-2-16(3-5-17)21-26-14-18(15-27-21)23(32)30(19-6-7-19)20-8-11-29(12-9-20)24(33)34/h2-5,14-15,19-20H,6-9,11-13H2,1H3,(H,33,34). The Balaban J connectivity index is 1.44. The van der Waals surface area contributed by atoms with Crippen molar-refractivity contribution >= 4 is 17.9 Å². The number of likely N-dealkylation sites (tertiary alicyclic amines) is 1. The SMILES string of the molecule is CN(CC#N)C(=O)c1ccc(-c2ncc(C(=O)N(C3CC3)C3CCN(C(=O)O)CC3)cn2)cc1. The van der Waals surface area contributed by atoms with Gasteiger partial charge in [0.2, 0.25) is 0 Å². The van der Waals surface area contributed by atoms with Crippen LogP contribution in [0.3, 0.4) is 0 Å². The van der Waals surface area contributed by atoms with Gasteiger partial charge in [0.05, 0.1) is 11.6 Å². The highest BCUT2D eigenvalue weighted by Crippen LogP contribution is 2.33. The van der Waals surface area contributed by atoms with Crippen LogP contribution in [-0.2, 0) is 0 Å². The second kappa shape index (κ2) is 9.87. The molecular formula is C24H26N6O4. The van der Waals surface area contributed by atoms with Crippen molar-refractivity contribution in [1.82, 2.24) is 24.7 Å². The Morgan fingerprint density at radius 2 is 1.59 bits per heavy atom. The van der Waals surface area contributed by atoms with E-state index in [1.807, 2.05) is 11.0 Å². The molecule has 1 aliphatic heterocycles.